The van der Waals surface area contributed by atoms with Crippen molar-refractivity contribution in [2.45, 2.75) is 52.0 Å². The van der Waals surface area contributed by atoms with E-state index in [0.29, 0.717) is 0 Å². The van der Waals surface area contributed by atoms with Gasteiger partial charge >= 0.3 is 0 Å². The molecule has 1 aliphatic rings. The molecular weight excluding hydrogens is 228 g/mol. The summed E-state index contributed by atoms with van der Waals surface area (Å²) in [6.45, 7) is 6.18. The van der Waals surface area contributed by atoms with Crippen LogP contribution >= 0.6 is 0 Å². The molecule has 0 saturated heterocycles. The number of hydrogen-bond donors (Lipinski definition) is 2. The van der Waals surface area contributed by atoms with Gasteiger partial charge in [0.1, 0.15) is 17.0 Å². The maximum Gasteiger partial charge on any atom is 0.250 e. The summed E-state index contributed by atoms with van der Waals surface area (Å²) in [6, 6.07) is 0. The molecule has 5 nitrogen and oxygen atoms in total. The molecule has 18 heavy (non-hydrogen) atoms. The van der Waals surface area contributed by atoms with Gasteiger partial charge in [0.2, 0.25) is 5.91 Å². The van der Waals surface area contributed by atoms with Crippen LogP contribution in [0.2, 0.25) is 0 Å². The topological polar surface area (TPSA) is 59.0 Å². The number of aryl methyl sites for hydroxylation is 2. The molecule has 0 aliphatic carbocycles. The van der Waals surface area contributed by atoms with Gasteiger partial charge in [0.05, 0.1) is 5.69 Å². The highest BCUT2D eigenvalue weighted by atomic mass is 16.2. The molecule has 0 saturated carbocycles. The second kappa shape index (κ2) is 4.63. The fourth-order valence-electron chi connectivity index (χ4n) is 2.53. The Balaban J connectivity index is 2.43. The largest absolute Gasteiger partial charge is 0.354 e. The van der Waals surface area contributed by atoms with Gasteiger partial charge < -0.3 is 10.6 Å². The van der Waals surface area contributed by atoms with Gasteiger partial charge in [-0.05, 0) is 19.3 Å². The lowest BCUT2D eigenvalue weighted by molar-refractivity contribution is -0.120. The summed E-state index contributed by atoms with van der Waals surface area (Å²) in [5.74, 6) is 0.993. The number of rotatable bonds is 4. The lowest BCUT2D eigenvalue weighted by atomic mass is 9.89. The first-order chi connectivity index (χ1) is 8.57. The molecule has 2 rings (SSSR count). The molecule has 1 aromatic heterocycles. The Hall–Kier alpha value is -1.52. The van der Waals surface area contributed by atoms with Gasteiger partial charge in [-0.15, -0.1) is 0 Å². The molecule has 0 aromatic carbocycles. The highest BCUT2D eigenvalue weighted by molar-refractivity contribution is 6.06. The molecule has 0 spiro atoms. The summed E-state index contributed by atoms with van der Waals surface area (Å²) in [6.07, 6.45) is 3.44. The van der Waals surface area contributed by atoms with Crippen molar-refractivity contribution in [2.75, 3.05) is 10.6 Å². The predicted molar refractivity (Wildman–Crippen MR) is 72.8 cm³/mol. The molecule has 0 unspecified atom stereocenters. The van der Waals surface area contributed by atoms with Gasteiger partial charge in [-0.2, -0.15) is 5.10 Å². The fraction of sp³-hybridized carbons (Fsp3) is 0.692. The Kier molecular flexibility index (Phi) is 3.32. The van der Waals surface area contributed by atoms with Crippen molar-refractivity contribution in [1.82, 2.24) is 9.78 Å². The van der Waals surface area contributed by atoms with Crippen LogP contribution in [-0.4, -0.2) is 21.2 Å². The van der Waals surface area contributed by atoms with Crippen LogP contribution in [0.4, 0.5) is 11.5 Å². The summed E-state index contributed by atoms with van der Waals surface area (Å²) in [7, 11) is 1.92. The number of nitrogens with zero attached hydrogens (tertiary/aromatic N) is 2. The molecule has 2 N–H and O–H groups in total. The van der Waals surface area contributed by atoms with Gasteiger partial charge in [0.15, 0.2) is 0 Å². The van der Waals surface area contributed by atoms with Crippen molar-refractivity contribution in [3.8, 4) is 0 Å². The Morgan fingerprint density at radius 1 is 1.28 bits per heavy atom. The maximum atomic E-state index is 12.3. The van der Waals surface area contributed by atoms with Gasteiger partial charge in [0.25, 0.3) is 0 Å². The molecule has 1 amide bonds. The maximum absolute atomic E-state index is 12.3. The molecule has 0 radical (unpaired) electrons. The number of fused-ring (bicyclic) bond motifs is 1. The highest BCUT2D eigenvalue weighted by Crippen LogP contribution is 2.36. The van der Waals surface area contributed by atoms with Crippen molar-refractivity contribution >= 4 is 17.4 Å². The van der Waals surface area contributed by atoms with Crippen molar-refractivity contribution in [1.29, 1.82) is 0 Å². The van der Waals surface area contributed by atoms with E-state index in [9.17, 15) is 4.79 Å². The Morgan fingerprint density at radius 3 is 2.50 bits per heavy atom. The standard InChI is InChI=1S/C13H22N4O/c1-5-8-9-10-11(17(4)16-9)15-13(6-2,7-3)12(18)14-10/h15H,5-8H2,1-4H3,(H,14,18). The molecule has 2 heterocycles. The van der Waals surface area contributed by atoms with Crippen LogP contribution in [0.5, 0.6) is 0 Å². The monoisotopic (exact) mass is 250 g/mol. The first-order valence-electron chi connectivity index (χ1n) is 6.73. The van der Waals surface area contributed by atoms with Crippen molar-refractivity contribution in [3.05, 3.63) is 5.69 Å². The number of anilines is 2. The van der Waals surface area contributed by atoms with E-state index in [1.807, 2.05) is 25.6 Å². The van der Waals surface area contributed by atoms with Gasteiger partial charge in [-0.3, -0.25) is 9.48 Å². The summed E-state index contributed by atoms with van der Waals surface area (Å²) >= 11 is 0. The number of hydrogen-bond acceptors (Lipinski definition) is 3. The first kappa shape index (κ1) is 12.9. The van der Waals surface area contributed by atoms with Crippen molar-refractivity contribution < 1.29 is 4.79 Å². The molecule has 100 valence electrons. The SMILES string of the molecule is CCCc1nn(C)c2c1NC(=O)C(CC)(CC)N2. The minimum absolute atomic E-state index is 0.0605. The van der Waals surface area contributed by atoms with Gasteiger partial charge in [-0.25, -0.2) is 0 Å². The average Bonchev–Trinajstić information content (AvgIpc) is 2.65. The summed E-state index contributed by atoms with van der Waals surface area (Å²) < 4.78 is 1.83. The number of carbonyl (C=O) groups is 1. The van der Waals surface area contributed by atoms with Crippen LogP contribution in [-0.2, 0) is 18.3 Å². The summed E-state index contributed by atoms with van der Waals surface area (Å²) in [4.78, 5) is 12.3. The third kappa shape index (κ3) is 1.78. The van der Waals surface area contributed by atoms with Crippen LogP contribution in [0, 0.1) is 0 Å². The Labute approximate surface area is 108 Å². The highest BCUT2D eigenvalue weighted by Gasteiger charge is 2.41. The molecular formula is C13H22N4O. The zero-order valence-corrected chi connectivity index (χ0v) is 11.6. The molecule has 0 bridgehead atoms. The number of amides is 1. The number of nitrogens with one attached hydrogen (secondary N) is 2. The van der Waals surface area contributed by atoms with E-state index in [1.165, 1.54) is 0 Å². The third-order valence-corrected chi connectivity index (χ3v) is 3.84. The van der Waals surface area contributed by atoms with E-state index in [0.717, 1.165) is 42.9 Å². The lowest BCUT2D eigenvalue weighted by Crippen LogP contribution is -2.52. The summed E-state index contributed by atoms with van der Waals surface area (Å²) in [5.41, 5.74) is 1.34. The first-order valence-corrected chi connectivity index (χ1v) is 6.73. The number of carbonyl (C=O) groups excluding carboxylic acids is 1. The van der Waals surface area contributed by atoms with E-state index in [-0.39, 0.29) is 5.91 Å². The quantitative estimate of drug-likeness (QED) is 0.862. The Morgan fingerprint density at radius 2 is 1.94 bits per heavy atom. The zero-order chi connectivity index (χ0) is 13.3. The van der Waals surface area contributed by atoms with Crippen LogP contribution < -0.4 is 10.6 Å². The lowest BCUT2D eigenvalue weighted by Gasteiger charge is -2.36. The minimum atomic E-state index is -0.496. The van der Waals surface area contributed by atoms with Gasteiger partial charge in [0, 0.05) is 7.05 Å². The average molecular weight is 250 g/mol. The van der Waals surface area contributed by atoms with E-state index in [2.05, 4.69) is 22.7 Å². The van der Waals surface area contributed by atoms with Crippen LogP contribution in [0.15, 0.2) is 0 Å². The zero-order valence-electron chi connectivity index (χ0n) is 11.6. The predicted octanol–water partition coefficient (Wildman–Crippen LogP) is 2.30. The van der Waals surface area contributed by atoms with Gasteiger partial charge in [-0.1, -0.05) is 27.2 Å². The second-order valence-corrected chi connectivity index (χ2v) is 4.91. The van der Waals surface area contributed by atoms with Crippen molar-refractivity contribution in [2.24, 2.45) is 7.05 Å². The second-order valence-electron chi connectivity index (χ2n) is 4.91. The smallest absolute Gasteiger partial charge is 0.250 e. The molecule has 1 aromatic rings. The molecule has 5 heteroatoms. The fourth-order valence-corrected chi connectivity index (χ4v) is 2.53. The normalized spacial score (nSPS) is 17.0. The minimum Gasteiger partial charge on any atom is -0.354 e. The van der Waals surface area contributed by atoms with Crippen LogP contribution in [0.1, 0.15) is 45.7 Å². The van der Waals surface area contributed by atoms with Crippen LogP contribution in [0.3, 0.4) is 0 Å². The van der Waals surface area contributed by atoms with Crippen molar-refractivity contribution in [3.63, 3.8) is 0 Å². The van der Waals surface area contributed by atoms with E-state index < -0.39 is 5.54 Å². The third-order valence-electron chi connectivity index (χ3n) is 3.84. The van der Waals surface area contributed by atoms with E-state index in [4.69, 9.17) is 0 Å². The van der Waals surface area contributed by atoms with E-state index >= 15 is 0 Å². The summed E-state index contributed by atoms with van der Waals surface area (Å²) in [5, 5.41) is 10.9. The molecule has 0 atom stereocenters. The molecule has 1 aliphatic heterocycles. The van der Waals surface area contributed by atoms with Crippen LogP contribution in [0.25, 0.3) is 0 Å². The molecule has 0 fully saturated rings. The number of aromatic nitrogens is 2. The van der Waals surface area contributed by atoms with E-state index in [1.54, 1.807) is 0 Å². The Bertz CT molecular complexity index is 460.